The van der Waals surface area contributed by atoms with Crippen molar-refractivity contribution in [2.24, 2.45) is 5.41 Å². The van der Waals surface area contributed by atoms with Crippen LogP contribution < -0.4 is 15.6 Å². The molecule has 1 spiro atoms. The van der Waals surface area contributed by atoms with Crippen LogP contribution in [-0.4, -0.2) is 54.3 Å². The molecule has 4 atom stereocenters. The molecule has 2 aliphatic carbocycles. The van der Waals surface area contributed by atoms with E-state index in [0.717, 1.165) is 42.2 Å². The molecule has 3 aliphatic rings. The van der Waals surface area contributed by atoms with E-state index in [-0.39, 0.29) is 17.9 Å². The molecule has 172 valence electrons. The standard InChI is InChI=1S/C25H34N4O3/c1-4-16-5-7-20(28-23(16)30)17-9-10-25(11-17)12-22(25)29-14-19(15-29)32-18-6-8-21(27-13-18)24(26-2)31-3/h5-8,13,17,19,22,24,26H,4,9-12,14-15H2,1-3H3,(H,28,30)/t17-,22?,24?,25?/m1/s1. The van der Waals surface area contributed by atoms with E-state index in [9.17, 15) is 4.79 Å². The van der Waals surface area contributed by atoms with Gasteiger partial charge in [0.2, 0.25) is 0 Å². The van der Waals surface area contributed by atoms with Crippen LogP contribution in [-0.2, 0) is 11.2 Å². The predicted octanol–water partition coefficient (Wildman–Crippen LogP) is 2.99. The van der Waals surface area contributed by atoms with Gasteiger partial charge in [-0.1, -0.05) is 13.0 Å². The van der Waals surface area contributed by atoms with Crippen molar-refractivity contribution in [3.05, 3.63) is 57.8 Å². The summed E-state index contributed by atoms with van der Waals surface area (Å²) in [5.74, 6) is 1.31. The van der Waals surface area contributed by atoms with Gasteiger partial charge in [0, 0.05) is 37.5 Å². The van der Waals surface area contributed by atoms with Gasteiger partial charge in [-0.15, -0.1) is 0 Å². The molecule has 3 unspecified atom stereocenters. The highest BCUT2D eigenvalue weighted by Crippen LogP contribution is 2.64. The maximum Gasteiger partial charge on any atom is 0.251 e. The van der Waals surface area contributed by atoms with Gasteiger partial charge < -0.3 is 14.5 Å². The molecule has 32 heavy (non-hydrogen) atoms. The average Bonchev–Trinajstić information content (AvgIpc) is 3.29. The summed E-state index contributed by atoms with van der Waals surface area (Å²) in [6.45, 7) is 4.00. The van der Waals surface area contributed by atoms with Crippen LogP contribution in [0.15, 0.2) is 35.3 Å². The van der Waals surface area contributed by atoms with Crippen molar-refractivity contribution in [2.75, 3.05) is 27.2 Å². The number of methoxy groups -OCH3 is 1. The highest BCUT2D eigenvalue weighted by Gasteiger charge is 2.61. The molecule has 7 nitrogen and oxygen atoms in total. The number of rotatable bonds is 8. The van der Waals surface area contributed by atoms with E-state index < -0.39 is 0 Å². The first-order valence-electron chi connectivity index (χ1n) is 11.8. The van der Waals surface area contributed by atoms with E-state index >= 15 is 0 Å². The number of hydrogen-bond donors (Lipinski definition) is 2. The first kappa shape index (κ1) is 21.6. The summed E-state index contributed by atoms with van der Waals surface area (Å²) in [6, 6.07) is 8.74. The number of nitrogens with zero attached hydrogens (tertiary/aromatic N) is 2. The highest BCUT2D eigenvalue weighted by atomic mass is 16.5. The number of likely N-dealkylation sites (tertiary alicyclic amines) is 1. The third kappa shape index (κ3) is 3.98. The number of aromatic nitrogens is 2. The number of pyridine rings is 2. The molecule has 0 amide bonds. The minimum Gasteiger partial charge on any atom is -0.486 e. The smallest absolute Gasteiger partial charge is 0.251 e. The van der Waals surface area contributed by atoms with E-state index in [4.69, 9.17) is 9.47 Å². The summed E-state index contributed by atoms with van der Waals surface area (Å²) in [7, 11) is 3.51. The lowest BCUT2D eigenvalue weighted by molar-refractivity contribution is 0.00514. The van der Waals surface area contributed by atoms with Crippen molar-refractivity contribution in [3.63, 3.8) is 0 Å². The predicted molar refractivity (Wildman–Crippen MR) is 123 cm³/mol. The van der Waals surface area contributed by atoms with Crippen molar-refractivity contribution >= 4 is 0 Å². The Balaban J connectivity index is 1.11. The quantitative estimate of drug-likeness (QED) is 0.617. The second kappa shape index (κ2) is 8.61. The molecule has 0 aromatic carbocycles. The van der Waals surface area contributed by atoms with Gasteiger partial charge in [0.25, 0.3) is 5.56 Å². The molecule has 2 saturated carbocycles. The Morgan fingerprint density at radius 1 is 1.28 bits per heavy atom. The van der Waals surface area contributed by atoms with Crippen LogP contribution in [0.25, 0.3) is 0 Å². The van der Waals surface area contributed by atoms with Gasteiger partial charge in [-0.25, -0.2) is 0 Å². The average molecular weight is 439 g/mol. The molecule has 5 rings (SSSR count). The third-order valence-corrected chi connectivity index (χ3v) is 7.77. The number of aryl methyl sites for hydroxylation is 1. The van der Waals surface area contributed by atoms with Crippen molar-refractivity contribution in [1.29, 1.82) is 0 Å². The lowest BCUT2D eigenvalue weighted by atomic mass is 9.97. The molecule has 1 saturated heterocycles. The second-order valence-corrected chi connectivity index (χ2v) is 9.66. The summed E-state index contributed by atoms with van der Waals surface area (Å²) >= 11 is 0. The van der Waals surface area contributed by atoms with Crippen LogP contribution in [0.1, 0.15) is 61.7 Å². The van der Waals surface area contributed by atoms with E-state index in [2.05, 4.69) is 26.3 Å². The van der Waals surface area contributed by atoms with Crippen LogP contribution in [0.3, 0.4) is 0 Å². The van der Waals surface area contributed by atoms with Crippen LogP contribution in [0.5, 0.6) is 5.75 Å². The van der Waals surface area contributed by atoms with Gasteiger partial charge in [-0.05, 0) is 68.7 Å². The lowest BCUT2D eigenvalue weighted by Crippen LogP contribution is -2.55. The Bertz CT molecular complexity index is 997. The number of aromatic amines is 1. The number of H-pyrrole nitrogens is 1. The molecule has 2 N–H and O–H groups in total. The topological polar surface area (TPSA) is 79.5 Å². The fourth-order valence-corrected chi connectivity index (χ4v) is 5.78. The number of nitrogens with one attached hydrogen (secondary N) is 2. The molecule has 0 radical (unpaired) electrons. The molecule has 0 bridgehead atoms. The highest BCUT2D eigenvalue weighted by molar-refractivity contribution is 5.24. The minimum atomic E-state index is -0.202. The maximum atomic E-state index is 12.2. The lowest BCUT2D eigenvalue weighted by Gasteiger charge is -2.40. The Kier molecular flexibility index (Phi) is 5.82. The van der Waals surface area contributed by atoms with E-state index in [0.29, 0.717) is 17.4 Å². The van der Waals surface area contributed by atoms with Crippen LogP contribution >= 0.6 is 0 Å². The molecule has 1 aliphatic heterocycles. The van der Waals surface area contributed by atoms with Gasteiger partial charge in [-0.2, -0.15) is 0 Å². The third-order valence-electron chi connectivity index (χ3n) is 7.77. The summed E-state index contributed by atoms with van der Waals surface area (Å²) in [5, 5.41) is 3.07. The summed E-state index contributed by atoms with van der Waals surface area (Å²) in [6.07, 6.45) is 7.52. The Morgan fingerprint density at radius 3 is 2.78 bits per heavy atom. The van der Waals surface area contributed by atoms with Gasteiger partial charge in [0.15, 0.2) is 6.23 Å². The van der Waals surface area contributed by atoms with Gasteiger partial charge >= 0.3 is 0 Å². The minimum absolute atomic E-state index is 0.0900. The summed E-state index contributed by atoms with van der Waals surface area (Å²) in [5.41, 5.74) is 3.39. The normalized spacial score (nSPS) is 28.6. The fourth-order valence-electron chi connectivity index (χ4n) is 5.78. The first-order valence-corrected chi connectivity index (χ1v) is 11.8. The molecule has 2 aromatic heterocycles. The molecule has 3 fully saturated rings. The Hall–Kier alpha value is -2.22. The molecular formula is C25H34N4O3. The van der Waals surface area contributed by atoms with Crippen molar-refractivity contribution in [1.82, 2.24) is 20.2 Å². The summed E-state index contributed by atoms with van der Waals surface area (Å²) in [4.78, 5) is 22.4. The Morgan fingerprint density at radius 2 is 2.12 bits per heavy atom. The molecule has 7 heteroatoms. The fraction of sp³-hybridized carbons (Fsp3) is 0.600. The van der Waals surface area contributed by atoms with Gasteiger partial charge in [0.1, 0.15) is 11.9 Å². The second-order valence-electron chi connectivity index (χ2n) is 9.66. The zero-order valence-corrected chi connectivity index (χ0v) is 19.3. The van der Waals surface area contributed by atoms with Crippen LogP contribution in [0.2, 0.25) is 0 Å². The van der Waals surface area contributed by atoms with E-state index in [1.165, 1.54) is 25.7 Å². The van der Waals surface area contributed by atoms with E-state index in [1.807, 2.05) is 32.2 Å². The van der Waals surface area contributed by atoms with Gasteiger partial charge in [0.05, 0.1) is 11.9 Å². The molecule has 3 heterocycles. The van der Waals surface area contributed by atoms with Gasteiger partial charge in [-0.3, -0.25) is 20.0 Å². The summed E-state index contributed by atoms with van der Waals surface area (Å²) < 4.78 is 11.5. The monoisotopic (exact) mass is 438 g/mol. The first-order chi connectivity index (χ1) is 15.5. The molecule has 2 aromatic rings. The Labute approximate surface area is 189 Å². The van der Waals surface area contributed by atoms with Crippen molar-refractivity contribution < 1.29 is 9.47 Å². The maximum absolute atomic E-state index is 12.2. The van der Waals surface area contributed by atoms with Crippen molar-refractivity contribution in [2.45, 2.75) is 63.3 Å². The van der Waals surface area contributed by atoms with Crippen molar-refractivity contribution in [3.8, 4) is 5.75 Å². The SMILES string of the molecule is CCc1ccc([C@@H]2CCC3(CC3N3CC(Oc4ccc(C(NC)OC)nc4)C3)C2)[nH]c1=O. The number of ether oxygens (including phenoxy) is 2. The largest absolute Gasteiger partial charge is 0.486 e. The number of hydrogen-bond acceptors (Lipinski definition) is 6. The van der Waals surface area contributed by atoms with Crippen LogP contribution in [0, 0.1) is 5.41 Å². The van der Waals surface area contributed by atoms with E-state index in [1.54, 1.807) is 13.3 Å². The zero-order chi connectivity index (χ0) is 22.3. The van der Waals surface area contributed by atoms with Crippen LogP contribution in [0.4, 0.5) is 0 Å². The molecular weight excluding hydrogens is 404 g/mol. The zero-order valence-electron chi connectivity index (χ0n) is 19.3.